The van der Waals surface area contributed by atoms with Gasteiger partial charge in [0.25, 0.3) is 12.4 Å². The number of para-hydroxylation sites is 1. The van der Waals surface area contributed by atoms with E-state index in [1.807, 2.05) is 6.07 Å². The number of benzene rings is 1. The summed E-state index contributed by atoms with van der Waals surface area (Å²) in [7, 11) is 0. The molecule has 0 amide bonds. The van der Waals surface area contributed by atoms with Crippen molar-refractivity contribution in [2.24, 2.45) is 0 Å². The van der Waals surface area contributed by atoms with Crippen LogP contribution in [0.1, 0.15) is 5.56 Å². The lowest BCUT2D eigenvalue weighted by molar-refractivity contribution is 0.609. The summed E-state index contributed by atoms with van der Waals surface area (Å²) in [6.45, 7) is 0. The maximum absolute atomic E-state index is 11.6. The van der Waals surface area contributed by atoms with Gasteiger partial charge in [-0.3, -0.25) is 0 Å². The van der Waals surface area contributed by atoms with Crippen LogP contribution in [0.4, 0.5) is 3.89 Å². The normalized spacial score (nSPS) is 8.73. The van der Waals surface area contributed by atoms with E-state index in [0.29, 0.717) is 5.56 Å². The van der Waals surface area contributed by atoms with E-state index >= 15 is 0 Å². The first-order chi connectivity index (χ1) is 5.38. The summed E-state index contributed by atoms with van der Waals surface area (Å²) in [6.07, 6.45) is 0. The van der Waals surface area contributed by atoms with Gasteiger partial charge in [0.1, 0.15) is 6.07 Å². The van der Waals surface area contributed by atoms with E-state index in [0.717, 1.165) is 0 Å². The van der Waals surface area contributed by atoms with E-state index in [9.17, 15) is 3.89 Å². The Morgan fingerprint density at radius 1 is 1.45 bits per heavy atom. The van der Waals surface area contributed by atoms with Gasteiger partial charge in [-0.2, -0.15) is 5.26 Å². The Hall–Kier alpha value is -1.21. The number of nitriles is 1. The molecular formula is C7H4FNOS. The van der Waals surface area contributed by atoms with E-state index in [-0.39, 0.29) is 18.2 Å². The second-order valence-corrected chi connectivity index (χ2v) is 2.05. The van der Waals surface area contributed by atoms with E-state index in [1.54, 1.807) is 18.2 Å². The third-order valence-corrected chi connectivity index (χ3v) is 1.37. The van der Waals surface area contributed by atoms with Crippen molar-refractivity contribution in [2.45, 2.75) is 0 Å². The topological polar surface area (TPSA) is 33.0 Å². The Bertz CT molecular complexity index is 284. The summed E-state index contributed by atoms with van der Waals surface area (Å²) in [4.78, 5) is 0. The minimum absolute atomic E-state index is 0.252. The van der Waals surface area contributed by atoms with Crippen LogP contribution < -0.4 is 4.18 Å². The second-order valence-electron chi connectivity index (χ2n) is 1.75. The van der Waals surface area contributed by atoms with Crippen molar-refractivity contribution in [1.82, 2.24) is 0 Å². The van der Waals surface area contributed by atoms with Gasteiger partial charge in [0.2, 0.25) is 0 Å². The fourth-order valence-electron chi connectivity index (χ4n) is 0.666. The van der Waals surface area contributed by atoms with Crippen LogP contribution in [-0.4, -0.2) is 0 Å². The third-order valence-electron chi connectivity index (χ3n) is 1.13. The quantitative estimate of drug-likeness (QED) is 0.637. The molecule has 0 fully saturated rings. The molecule has 0 spiro atoms. The van der Waals surface area contributed by atoms with Gasteiger partial charge in [-0.25, -0.2) is 0 Å². The standard InChI is InChI=1S/C7H4FNOS/c8-11-10-7-4-2-1-3-6(7)5-9/h1-4H. The molecule has 1 rings (SSSR count). The molecule has 1 aromatic rings. The Kier molecular flexibility index (Phi) is 2.75. The molecule has 0 N–H and O–H groups in total. The highest BCUT2D eigenvalue weighted by atomic mass is 32.2. The number of hydrogen-bond donors (Lipinski definition) is 0. The fraction of sp³-hybridized carbons (Fsp3) is 0. The van der Waals surface area contributed by atoms with Crippen molar-refractivity contribution in [3.05, 3.63) is 29.8 Å². The van der Waals surface area contributed by atoms with E-state index in [2.05, 4.69) is 4.18 Å². The molecule has 0 atom stereocenters. The van der Waals surface area contributed by atoms with Crippen molar-refractivity contribution < 1.29 is 8.07 Å². The van der Waals surface area contributed by atoms with Gasteiger partial charge in [-0.15, -0.1) is 3.89 Å². The monoisotopic (exact) mass is 169 g/mol. The smallest absolute Gasteiger partial charge is 0.272 e. The highest BCUT2D eigenvalue weighted by Gasteiger charge is 2.00. The number of rotatable bonds is 2. The summed E-state index contributed by atoms with van der Waals surface area (Å²) >= 11 is -0.267. The van der Waals surface area contributed by atoms with Gasteiger partial charge in [0.05, 0.1) is 5.56 Å². The van der Waals surface area contributed by atoms with Crippen LogP contribution in [0.2, 0.25) is 0 Å². The molecule has 0 unspecified atom stereocenters. The Morgan fingerprint density at radius 2 is 2.18 bits per heavy atom. The van der Waals surface area contributed by atoms with E-state index in [1.165, 1.54) is 6.07 Å². The SMILES string of the molecule is N#Cc1ccccc1OSF. The minimum Gasteiger partial charge on any atom is -0.396 e. The van der Waals surface area contributed by atoms with Crippen LogP contribution in [0.3, 0.4) is 0 Å². The van der Waals surface area contributed by atoms with Crippen molar-refractivity contribution in [1.29, 1.82) is 5.26 Å². The molecule has 0 aliphatic rings. The lowest BCUT2D eigenvalue weighted by Crippen LogP contribution is -1.81. The van der Waals surface area contributed by atoms with Crippen LogP contribution in [0, 0.1) is 11.3 Å². The Balaban J connectivity index is 2.95. The molecule has 0 bridgehead atoms. The highest BCUT2D eigenvalue weighted by Crippen LogP contribution is 2.20. The summed E-state index contributed by atoms with van der Waals surface area (Å²) in [5.41, 5.74) is 0.331. The molecule has 0 saturated heterocycles. The second kappa shape index (κ2) is 3.84. The largest absolute Gasteiger partial charge is 0.396 e. The predicted octanol–water partition coefficient (Wildman–Crippen LogP) is 2.47. The molecule has 0 saturated carbocycles. The maximum Gasteiger partial charge on any atom is 0.272 e. The number of hydrogen-bond acceptors (Lipinski definition) is 3. The molecule has 0 aliphatic carbocycles. The first-order valence-corrected chi connectivity index (χ1v) is 3.47. The summed E-state index contributed by atoms with van der Waals surface area (Å²) in [5.74, 6) is 0.252. The lowest BCUT2D eigenvalue weighted by atomic mass is 10.2. The first kappa shape index (κ1) is 7.89. The predicted molar refractivity (Wildman–Crippen MR) is 40.5 cm³/mol. The molecule has 11 heavy (non-hydrogen) atoms. The van der Waals surface area contributed by atoms with E-state index in [4.69, 9.17) is 5.26 Å². The zero-order valence-electron chi connectivity index (χ0n) is 5.45. The molecule has 0 aliphatic heterocycles. The zero-order chi connectivity index (χ0) is 8.10. The van der Waals surface area contributed by atoms with Crippen molar-refractivity contribution in [3.8, 4) is 11.8 Å². The first-order valence-electron chi connectivity index (χ1n) is 2.83. The average molecular weight is 169 g/mol. The molecule has 0 aromatic heterocycles. The number of halogens is 1. The van der Waals surface area contributed by atoms with Gasteiger partial charge < -0.3 is 4.18 Å². The van der Waals surface area contributed by atoms with Gasteiger partial charge >= 0.3 is 0 Å². The summed E-state index contributed by atoms with van der Waals surface area (Å²) < 4.78 is 16.0. The summed E-state index contributed by atoms with van der Waals surface area (Å²) in [5, 5.41) is 8.48. The third kappa shape index (κ3) is 1.85. The van der Waals surface area contributed by atoms with Gasteiger partial charge in [0.15, 0.2) is 5.75 Å². The van der Waals surface area contributed by atoms with Gasteiger partial charge in [-0.1, -0.05) is 12.1 Å². The molecule has 0 radical (unpaired) electrons. The van der Waals surface area contributed by atoms with Crippen molar-refractivity contribution >= 4 is 12.4 Å². The zero-order valence-corrected chi connectivity index (χ0v) is 6.27. The molecule has 56 valence electrons. The highest BCUT2D eigenvalue weighted by molar-refractivity contribution is 7.89. The van der Waals surface area contributed by atoms with Crippen LogP contribution in [-0.2, 0) is 0 Å². The number of nitrogens with zero attached hydrogens (tertiary/aromatic N) is 1. The van der Waals surface area contributed by atoms with E-state index < -0.39 is 0 Å². The molecule has 4 heteroatoms. The van der Waals surface area contributed by atoms with Crippen LogP contribution in [0.5, 0.6) is 5.75 Å². The van der Waals surface area contributed by atoms with Gasteiger partial charge in [0, 0.05) is 0 Å². The molecular weight excluding hydrogens is 165 g/mol. The Labute approximate surface area is 68.1 Å². The van der Waals surface area contributed by atoms with Crippen molar-refractivity contribution in [3.63, 3.8) is 0 Å². The van der Waals surface area contributed by atoms with Crippen LogP contribution >= 0.6 is 12.4 Å². The molecule has 2 nitrogen and oxygen atoms in total. The molecule has 1 aromatic carbocycles. The van der Waals surface area contributed by atoms with Crippen LogP contribution in [0.15, 0.2) is 24.3 Å². The summed E-state index contributed by atoms with van der Waals surface area (Å²) in [6, 6.07) is 8.33. The van der Waals surface area contributed by atoms with Crippen molar-refractivity contribution in [2.75, 3.05) is 0 Å². The molecule has 0 heterocycles. The van der Waals surface area contributed by atoms with Gasteiger partial charge in [-0.05, 0) is 12.1 Å². The average Bonchev–Trinajstić information content (AvgIpc) is 2.06. The minimum atomic E-state index is -0.267. The Morgan fingerprint density at radius 3 is 2.82 bits per heavy atom. The maximum atomic E-state index is 11.6. The fourth-order valence-corrected chi connectivity index (χ4v) is 0.879. The van der Waals surface area contributed by atoms with Crippen LogP contribution in [0.25, 0.3) is 0 Å². The lowest BCUT2D eigenvalue weighted by Gasteiger charge is -1.98.